The zero-order chi connectivity index (χ0) is 28.6. The number of nitrogens with zero attached hydrogens (tertiary/aromatic N) is 2. The highest BCUT2D eigenvalue weighted by Crippen LogP contribution is 2.31. The number of hydrogen-bond donors (Lipinski definition) is 2. The van der Waals surface area contributed by atoms with Crippen LogP contribution in [-0.4, -0.2) is 68.5 Å². The zero-order valence-corrected chi connectivity index (χ0v) is 23.8. The third-order valence-corrected chi connectivity index (χ3v) is 7.93. The monoisotopic (exact) mass is 556 g/mol. The summed E-state index contributed by atoms with van der Waals surface area (Å²) < 4.78 is 30.8. The van der Waals surface area contributed by atoms with Gasteiger partial charge < -0.3 is 20.3 Å². The molecule has 2 aromatic carbocycles. The van der Waals surface area contributed by atoms with Crippen LogP contribution in [0.15, 0.2) is 42.5 Å². The van der Waals surface area contributed by atoms with Crippen molar-refractivity contribution in [3.8, 4) is 5.75 Å². The largest absolute Gasteiger partial charge is 0.490 e. The fourth-order valence-electron chi connectivity index (χ4n) is 5.65. The van der Waals surface area contributed by atoms with Crippen molar-refractivity contribution in [1.82, 2.24) is 15.5 Å². The number of hydrogen-bond acceptors (Lipinski definition) is 5. The van der Waals surface area contributed by atoms with E-state index in [9.17, 15) is 18.4 Å². The Balaban J connectivity index is 1.26. The van der Waals surface area contributed by atoms with E-state index in [4.69, 9.17) is 4.74 Å². The second-order valence-electron chi connectivity index (χ2n) is 11.2. The van der Waals surface area contributed by atoms with Gasteiger partial charge in [0.1, 0.15) is 5.75 Å². The van der Waals surface area contributed by atoms with E-state index in [2.05, 4.69) is 47.6 Å². The van der Waals surface area contributed by atoms with Gasteiger partial charge in [-0.2, -0.15) is 0 Å². The molecule has 0 unspecified atom stereocenters. The summed E-state index contributed by atoms with van der Waals surface area (Å²) in [7, 11) is 1.86. The second kappa shape index (κ2) is 14.0. The summed E-state index contributed by atoms with van der Waals surface area (Å²) in [6, 6.07) is 14.0. The van der Waals surface area contributed by atoms with E-state index in [-0.39, 0.29) is 24.3 Å². The SMILES string of the molecule is Cc1cc(N(C)C(=O)C2CCC(Oc3cccc(CC(=O)NCC(F)F)c3)CC2)ccc1CN1CCN[C@@H](C)C1. The van der Waals surface area contributed by atoms with Gasteiger partial charge in [-0.1, -0.05) is 18.2 Å². The third kappa shape index (κ3) is 8.48. The molecule has 0 radical (unpaired) electrons. The molecule has 218 valence electrons. The van der Waals surface area contributed by atoms with Crippen LogP contribution in [0.5, 0.6) is 5.75 Å². The average molecular weight is 557 g/mol. The van der Waals surface area contributed by atoms with Crippen LogP contribution >= 0.6 is 0 Å². The van der Waals surface area contributed by atoms with Gasteiger partial charge in [-0.05, 0) is 80.5 Å². The number of alkyl halides is 2. The minimum atomic E-state index is -2.57. The highest BCUT2D eigenvalue weighted by Gasteiger charge is 2.30. The first-order valence-corrected chi connectivity index (χ1v) is 14.3. The number of halogens is 2. The standard InChI is InChI=1S/C31H42F2N4O3/c1-21-15-26(10-7-25(21)20-37-14-13-34-22(2)19-37)36(3)31(39)24-8-11-27(12-9-24)40-28-6-4-5-23(16-28)17-30(38)35-18-29(32)33/h4-7,10,15-16,22,24,27,29,34H,8-9,11-14,17-20H2,1-3H3,(H,35,38)/t22-,24?,27?/m0/s1. The molecule has 1 saturated heterocycles. The fourth-order valence-corrected chi connectivity index (χ4v) is 5.65. The number of aryl methyl sites for hydroxylation is 1. The molecule has 7 nitrogen and oxygen atoms in total. The van der Waals surface area contributed by atoms with Crippen molar-refractivity contribution in [1.29, 1.82) is 0 Å². The molecular weight excluding hydrogens is 514 g/mol. The number of piperazine rings is 1. The molecule has 2 aromatic rings. The Hall–Kier alpha value is -3.04. The predicted molar refractivity (Wildman–Crippen MR) is 153 cm³/mol. The molecule has 1 atom stereocenters. The van der Waals surface area contributed by atoms with Crippen LogP contribution in [0.25, 0.3) is 0 Å². The van der Waals surface area contributed by atoms with Crippen molar-refractivity contribution in [2.75, 3.05) is 38.1 Å². The van der Waals surface area contributed by atoms with Crippen LogP contribution in [0.4, 0.5) is 14.5 Å². The summed E-state index contributed by atoms with van der Waals surface area (Å²) in [6.07, 6.45) is 0.485. The van der Waals surface area contributed by atoms with Gasteiger partial charge in [-0.3, -0.25) is 14.5 Å². The van der Waals surface area contributed by atoms with Crippen molar-refractivity contribution in [3.63, 3.8) is 0 Å². The summed E-state index contributed by atoms with van der Waals surface area (Å²) in [4.78, 5) is 29.5. The van der Waals surface area contributed by atoms with Crippen LogP contribution in [0.3, 0.4) is 0 Å². The molecule has 4 rings (SSSR count). The minimum Gasteiger partial charge on any atom is -0.490 e. The molecule has 1 saturated carbocycles. The number of benzene rings is 2. The number of carbonyl (C=O) groups is 2. The Morgan fingerprint density at radius 2 is 1.93 bits per heavy atom. The van der Waals surface area contributed by atoms with Gasteiger partial charge in [-0.15, -0.1) is 0 Å². The Kier molecular flexibility index (Phi) is 10.5. The number of nitrogens with one attached hydrogen (secondary N) is 2. The Labute approximate surface area is 236 Å². The maximum Gasteiger partial charge on any atom is 0.255 e. The summed E-state index contributed by atoms with van der Waals surface area (Å²) >= 11 is 0. The Bertz CT molecular complexity index is 1150. The lowest BCUT2D eigenvalue weighted by atomic mass is 9.86. The molecular formula is C31H42F2N4O3. The fraction of sp³-hybridized carbons (Fsp3) is 0.548. The Morgan fingerprint density at radius 1 is 1.15 bits per heavy atom. The van der Waals surface area contributed by atoms with Crippen LogP contribution in [0, 0.1) is 12.8 Å². The van der Waals surface area contributed by atoms with Crippen LogP contribution in [-0.2, 0) is 22.6 Å². The first kappa shape index (κ1) is 29.9. The van der Waals surface area contributed by atoms with Gasteiger partial charge >= 0.3 is 0 Å². The second-order valence-corrected chi connectivity index (χ2v) is 11.2. The third-order valence-electron chi connectivity index (χ3n) is 7.93. The van der Waals surface area contributed by atoms with Crippen molar-refractivity contribution in [2.45, 2.75) is 71.1 Å². The molecule has 2 fully saturated rings. The number of ether oxygens (including phenoxy) is 1. The molecule has 0 aromatic heterocycles. The lowest BCUT2D eigenvalue weighted by Crippen LogP contribution is -2.48. The first-order chi connectivity index (χ1) is 19.2. The van der Waals surface area contributed by atoms with Crippen molar-refractivity contribution < 1.29 is 23.1 Å². The van der Waals surface area contributed by atoms with E-state index in [1.807, 2.05) is 13.1 Å². The summed E-state index contributed by atoms with van der Waals surface area (Å²) in [5.41, 5.74) is 4.13. The highest BCUT2D eigenvalue weighted by molar-refractivity contribution is 5.94. The summed E-state index contributed by atoms with van der Waals surface area (Å²) in [5, 5.41) is 5.70. The molecule has 1 aliphatic carbocycles. The van der Waals surface area contributed by atoms with E-state index < -0.39 is 18.9 Å². The van der Waals surface area contributed by atoms with Crippen LogP contribution < -0.4 is 20.3 Å². The maximum absolute atomic E-state index is 13.3. The average Bonchev–Trinajstić information content (AvgIpc) is 2.93. The topological polar surface area (TPSA) is 73.9 Å². The lowest BCUT2D eigenvalue weighted by Gasteiger charge is -2.32. The minimum absolute atomic E-state index is 0.00787. The molecule has 0 bridgehead atoms. The molecule has 40 heavy (non-hydrogen) atoms. The normalized spacial score (nSPS) is 21.7. The summed E-state index contributed by atoms with van der Waals surface area (Å²) in [5.74, 6) is 0.298. The Morgan fingerprint density at radius 3 is 2.62 bits per heavy atom. The smallest absolute Gasteiger partial charge is 0.255 e. The van der Waals surface area contributed by atoms with Crippen molar-refractivity contribution in [2.24, 2.45) is 5.92 Å². The van der Waals surface area contributed by atoms with E-state index in [0.29, 0.717) is 17.4 Å². The highest BCUT2D eigenvalue weighted by atomic mass is 19.3. The number of rotatable bonds is 10. The van der Waals surface area contributed by atoms with E-state index in [1.54, 1.807) is 23.1 Å². The van der Waals surface area contributed by atoms with Crippen molar-refractivity contribution >= 4 is 17.5 Å². The van der Waals surface area contributed by atoms with Crippen LogP contribution in [0.1, 0.15) is 49.3 Å². The molecule has 2 N–H and O–H groups in total. The lowest BCUT2D eigenvalue weighted by molar-refractivity contribution is -0.123. The molecule has 1 heterocycles. The van der Waals surface area contributed by atoms with Gasteiger partial charge in [0.2, 0.25) is 11.8 Å². The van der Waals surface area contributed by atoms with Gasteiger partial charge in [0, 0.05) is 50.9 Å². The van der Waals surface area contributed by atoms with Gasteiger partial charge in [0.05, 0.1) is 19.1 Å². The van der Waals surface area contributed by atoms with E-state index in [0.717, 1.165) is 57.5 Å². The maximum atomic E-state index is 13.3. The van der Waals surface area contributed by atoms with Gasteiger partial charge in [0.15, 0.2) is 0 Å². The van der Waals surface area contributed by atoms with E-state index in [1.165, 1.54) is 11.1 Å². The first-order valence-electron chi connectivity index (χ1n) is 14.3. The molecule has 0 spiro atoms. The molecule has 2 aliphatic rings. The quantitative estimate of drug-likeness (QED) is 0.456. The predicted octanol–water partition coefficient (Wildman–Crippen LogP) is 4.31. The van der Waals surface area contributed by atoms with Gasteiger partial charge in [-0.25, -0.2) is 8.78 Å². The molecule has 9 heteroatoms. The van der Waals surface area contributed by atoms with Crippen molar-refractivity contribution in [3.05, 3.63) is 59.2 Å². The summed E-state index contributed by atoms with van der Waals surface area (Å²) in [6.45, 7) is 7.71. The number of carbonyl (C=O) groups excluding carboxylic acids is 2. The zero-order valence-electron chi connectivity index (χ0n) is 23.8. The number of anilines is 1. The van der Waals surface area contributed by atoms with Crippen LogP contribution in [0.2, 0.25) is 0 Å². The number of amides is 2. The van der Waals surface area contributed by atoms with Gasteiger partial charge in [0.25, 0.3) is 6.43 Å². The molecule has 2 amide bonds. The molecule has 1 aliphatic heterocycles. The van der Waals surface area contributed by atoms with E-state index >= 15 is 0 Å².